The number of anilines is 1. The highest BCUT2D eigenvalue weighted by Crippen LogP contribution is 2.31. The zero-order valence-corrected chi connectivity index (χ0v) is 16.9. The lowest BCUT2D eigenvalue weighted by molar-refractivity contribution is -0.765. The van der Waals surface area contributed by atoms with Gasteiger partial charge in [0.05, 0.1) is 12.6 Å². The first-order valence-electron chi connectivity index (χ1n) is 8.62. The maximum absolute atomic E-state index is 12.9. The molecule has 0 radical (unpaired) electrons. The average molecular weight is 397 g/mol. The number of tetrazole rings is 1. The summed E-state index contributed by atoms with van der Waals surface area (Å²) >= 11 is 1.26. The van der Waals surface area contributed by atoms with E-state index in [4.69, 9.17) is 0 Å². The number of hydrogen-bond acceptors (Lipinski definition) is 6. The van der Waals surface area contributed by atoms with Gasteiger partial charge >= 0.3 is 5.16 Å². The second-order valence-electron chi connectivity index (χ2n) is 7.30. The summed E-state index contributed by atoms with van der Waals surface area (Å²) in [4.78, 5) is 24.5. The van der Waals surface area contributed by atoms with Gasteiger partial charge in [-0.1, -0.05) is 38.1 Å². The molecular weight excluding hydrogens is 376 g/mol. The van der Waals surface area contributed by atoms with Gasteiger partial charge in [-0.05, 0) is 58.2 Å². The van der Waals surface area contributed by atoms with Gasteiger partial charge in [0.15, 0.2) is 5.21 Å². The zero-order chi connectivity index (χ0) is 20.3. The average Bonchev–Trinajstić information content (AvgIpc) is 3.06. The third-order valence-corrected chi connectivity index (χ3v) is 5.25. The van der Waals surface area contributed by atoms with E-state index >= 15 is 0 Å². The van der Waals surface area contributed by atoms with Crippen molar-refractivity contribution in [3.8, 4) is 0 Å². The number of aromatic nitrogens is 4. The van der Waals surface area contributed by atoms with E-state index in [-0.39, 0.29) is 17.0 Å². The molecule has 0 unspecified atom stereocenters. The lowest BCUT2D eigenvalue weighted by Crippen LogP contribution is -2.32. The van der Waals surface area contributed by atoms with E-state index in [1.165, 1.54) is 23.4 Å². The van der Waals surface area contributed by atoms with Gasteiger partial charge in [-0.25, -0.2) is 0 Å². The van der Waals surface area contributed by atoms with Gasteiger partial charge in [0, 0.05) is 10.6 Å². The van der Waals surface area contributed by atoms with Crippen molar-refractivity contribution in [1.29, 1.82) is 0 Å². The second kappa shape index (κ2) is 7.89. The topological polar surface area (TPSA) is 104 Å². The van der Waals surface area contributed by atoms with E-state index in [0.717, 1.165) is 0 Å². The number of amides is 1. The molecule has 144 valence electrons. The summed E-state index contributed by atoms with van der Waals surface area (Å²) < 4.78 is 1.63. The SMILES string of the molecule is C[n+]1[nH]nnc1Sc1ccc(N=O)cc1C(=O)Nc1ccc(C(C)(C)C)cc1. The molecule has 0 aliphatic rings. The Morgan fingerprint density at radius 3 is 2.46 bits per heavy atom. The Morgan fingerprint density at radius 2 is 1.89 bits per heavy atom. The largest absolute Gasteiger partial charge is 0.364 e. The fraction of sp³-hybridized carbons (Fsp3) is 0.263. The minimum absolute atomic E-state index is 0.0312. The highest BCUT2D eigenvalue weighted by molar-refractivity contribution is 7.99. The van der Waals surface area contributed by atoms with E-state index in [2.05, 4.69) is 46.8 Å². The van der Waals surface area contributed by atoms with Crippen molar-refractivity contribution >= 4 is 29.0 Å². The summed E-state index contributed by atoms with van der Waals surface area (Å²) in [7, 11) is 1.76. The molecule has 28 heavy (non-hydrogen) atoms. The quantitative estimate of drug-likeness (QED) is 0.504. The van der Waals surface area contributed by atoms with Gasteiger partial charge in [0.1, 0.15) is 10.8 Å². The number of carbonyl (C=O) groups is 1. The van der Waals surface area contributed by atoms with Crippen molar-refractivity contribution in [2.45, 2.75) is 36.2 Å². The molecule has 1 amide bonds. The molecule has 2 aromatic carbocycles. The first-order chi connectivity index (χ1) is 13.3. The Morgan fingerprint density at radius 1 is 1.18 bits per heavy atom. The van der Waals surface area contributed by atoms with Crippen LogP contribution < -0.4 is 10.00 Å². The number of aryl methyl sites for hydroxylation is 1. The monoisotopic (exact) mass is 397 g/mol. The number of carbonyl (C=O) groups excluding carboxylic acids is 1. The zero-order valence-electron chi connectivity index (χ0n) is 16.1. The molecule has 1 heterocycles. The molecule has 0 aliphatic carbocycles. The van der Waals surface area contributed by atoms with Crippen molar-refractivity contribution in [1.82, 2.24) is 15.5 Å². The summed E-state index contributed by atoms with van der Waals surface area (Å²) in [6.07, 6.45) is 0. The number of rotatable bonds is 5. The summed E-state index contributed by atoms with van der Waals surface area (Å²) in [5.41, 5.74) is 2.40. The smallest absolute Gasteiger partial charge is 0.322 e. The van der Waals surface area contributed by atoms with Crippen LogP contribution in [0.1, 0.15) is 36.7 Å². The minimum Gasteiger partial charge on any atom is -0.322 e. The summed E-state index contributed by atoms with van der Waals surface area (Å²) in [5.74, 6) is -0.331. The molecule has 0 bridgehead atoms. The van der Waals surface area contributed by atoms with E-state index in [1.807, 2.05) is 24.3 Å². The van der Waals surface area contributed by atoms with Crippen LogP contribution in [0.15, 0.2) is 57.7 Å². The van der Waals surface area contributed by atoms with Crippen LogP contribution in [0.2, 0.25) is 0 Å². The van der Waals surface area contributed by atoms with Gasteiger partial charge in [0.25, 0.3) is 5.91 Å². The molecule has 0 spiro atoms. The van der Waals surface area contributed by atoms with Crippen LogP contribution >= 0.6 is 11.8 Å². The van der Waals surface area contributed by atoms with Gasteiger partial charge in [0.2, 0.25) is 0 Å². The van der Waals surface area contributed by atoms with Gasteiger partial charge in [-0.2, -0.15) is 4.68 Å². The Bertz CT molecular complexity index is 1010. The molecule has 2 N–H and O–H groups in total. The maximum Gasteiger partial charge on any atom is 0.364 e. The minimum atomic E-state index is -0.331. The normalized spacial score (nSPS) is 11.3. The molecule has 0 fully saturated rings. The van der Waals surface area contributed by atoms with Gasteiger partial charge in [-0.15, -0.1) is 4.91 Å². The number of nitrogens with one attached hydrogen (secondary N) is 2. The molecular formula is C19H21N6O2S+. The number of H-pyrrole nitrogens is 1. The first-order valence-corrected chi connectivity index (χ1v) is 9.44. The number of benzene rings is 2. The van der Waals surface area contributed by atoms with Crippen molar-refractivity contribution in [2.75, 3.05) is 5.32 Å². The number of nitrogens with zero attached hydrogens (tertiary/aromatic N) is 4. The molecule has 0 saturated heterocycles. The Hall–Kier alpha value is -3.07. The van der Waals surface area contributed by atoms with Gasteiger partial charge < -0.3 is 5.32 Å². The van der Waals surface area contributed by atoms with Crippen LogP contribution in [0, 0.1) is 4.91 Å². The Labute approximate surface area is 166 Å². The van der Waals surface area contributed by atoms with Crippen molar-refractivity contribution < 1.29 is 9.48 Å². The molecule has 3 rings (SSSR count). The standard InChI is InChI=1S/C19H20N6O2S/c1-19(2,3)12-5-7-13(8-6-12)20-17(26)15-11-14(22-27)9-10-16(15)28-18-21-23-24-25(18)4/h5-11H,1-4H3,(H,20,26)/p+1. The predicted molar refractivity (Wildman–Crippen MR) is 107 cm³/mol. The maximum atomic E-state index is 12.9. The lowest BCUT2D eigenvalue weighted by atomic mass is 9.87. The fourth-order valence-electron chi connectivity index (χ4n) is 2.52. The second-order valence-corrected chi connectivity index (χ2v) is 8.31. The Kier molecular flexibility index (Phi) is 5.55. The fourth-order valence-corrected chi connectivity index (χ4v) is 3.38. The third kappa shape index (κ3) is 4.42. The summed E-state index contributed by atoms with van der Waals surface area (Å²) in [5, 5.41) is 16.8. The van der Waals surface area contributed by atoms with Gasteiger partial charge in [-0.3, -0.25) is 4.79 Å². The highest BCUT2D eigenvalue weighted by Gasteiger charge is 2.20. The van der Waals surface area contributed by atoms with Crippen molar-refractivity contribution in [3.05, 3.63) is 58.5 Å². The van der Waals surface area contributed by atoms with Crippen LogP contribution in [0.5, 0.6) is 0 Å². The van der Waals surface area contributed by atoms with E-state index in [1.54, 1.807) is 23.9 Å². The molecule has 3 aromatic rings. The van der Waals surface area contributed by atoms with Crippen LogP contribution in [0.25, 0.3) is 0 Å². The highest BCUT2D eigenvalue weighted by atomic mass is 32.2. The van der Waals surface area contributed by atoms with E-state index in [9.17, 15) is 9.70 Å². The summed E-state index contributed by atoms with van der Waals surface area (Å²) in [6, 6.07) is 12.4. The number of nitroso groups, excluding NO2 is 1. The predicted octanol–water partition coefficient (Wildman–Crippen LogP) is 3.73. The van der Waals surface area contributed by atoms with Crippen molar-refractivity contribution in [2.24, 2.45) is 12.2 Å². The molecule has 9 heteroatoms. The van der Waals surface area contributed by atoms with Crippen molar-refractivity contribution in [3.63, 3.8) is 0 Å². The third-order valence-electron chi connectivity index (χ3n) is 4.14. The van der Waals surface area contributed by atoms with E-state index < -0.39 is 0 Å². The van der Waals surface area contributed by atoms with Crippen LogP contribution in [0.4, 0.5) is 11.4 Å². The molecule has 0 aliphatic heterocycles. The molecule has 1 aromatic heterocycles. The molecule has 0 atom stereocenters. The first kappa shape index (κ1) is 19.7. The number of aromatic amines is 1. The molecule has 0 saturated carbocycles. The van der Waals surface area contributed by atoms with E-state index in [0.29, 0.717) is 21.3 Å². The van der Waals surface area contributed by atoms with Crippen LogP contribution in [-0.4, -0.2) is 21.4 Å². The van der Waals surface area contributed by atoms with Crippen LogP contribution in [-0.2, 0) is 12.5 Å². The lowest BCUT2D eigenvalue weighted by Gasteiger charge is -2.19. The summed E-state index contributed by atoms with van der Waals surface area (Å²) in [6.45, 7) is 6.39. The molecule has 8 nitrogen and oxygen atoms in total. The van der Waals surface area contributed by atoms with Crippen LogP contribution in [0.3, 0.4) is 0 Å². The Balaban J connectivity index is 1.87. The number of hydrogen-bond donors (Lipinski definition) is 2.